The average Bonchev–Trinajstić information content (AvgIpc) is 2.40. The number of carbonyl (C=O) groups excluding carboxylic acids is 1. The molecule has 2 aromatic rings. The summed E-state index contributed by atoms with van der Waals surface area (Å²) in [5.74, 6) is 0.00872. The lowest BCUT2D eigenvalue weighted by Crippen LogP contribution is -2.20. The minimum atomic E-state index is -0.370. The molecule has 1 amide bonds. The zero-order valence-corrected chi connectivity index (χ0v) is 13.6. The number of ether oxygens (including phenoxy) is 1. The molecule has 1 N–H and O–H groups in total. The predicted octanol–water partition coefficient (Wildman–Crippen LogP) is 4.48. The number of nitrogens with one attached hydrogen (secondary N) is 1. The van der Waals surface area contributed by atoms with E-state index >= 15 is 0 Å². The maximum absolute atomic E-state index is 11.7. The van der Waals surface area contributed by atoms with E-state index in [1.165, 1.54) is 12.3 Å². The number of rotatable bonds is 4. The first-order chi connectivity index (χ1) is 9.56. The second-order valence-electron chi connectivity index (χ2n) is 3.75. The molecule has 112 valence electrons. The van der Waals surface area contributed by atoms with Crippen molar-refractivity contribution in [2.45, 2.75) is 0 Å². The Bertz CT molecular complexity index is 637. The molecule has 8 heteroatoms. The number of benzene rings is 1. The second-order valence-corrected chi connectivity index (χ2v) is 4.96. The van der Waals surface area contributed by atoms with Crippen molar-refractivity contribution in [2.75, 3.05) is 11.9 Å². The smallest absolute Gasteiger partial charge is 0.262 e. The van der Waals surface area contributed by atoms with E-state index in [1.807, 2.05) is 0 Å². The summed E-state index contributed by atoms with van der Waals surface area (Å²) in [4.78, 5) is 15.6. The van der Waals surface area contributed by atoms with Gasteiger partial charge in [0.2, 0.25) is 0 Å². The van der Waals surface area contributed by atoms with Crippen LogP contribution in [0.2, 0.25) is 15.2 Å². The molecule has 0 bridgehead atoms. The van der Waals surface area contributed by atoms with Gasteiger partial charge in [0.05, 0.1) is 10.7 Å². The number of nitrogens with zero attached hydrogens (tertiary/aromatic N) is 1. The second kappa shape index (κ2) is 8.29. The highest BCUT2D eigenvalue weighted by Gasteiger charge is 2.08. The highest BCUT2D eigenvalue weighted by molar-refractivity contribution is 6.35. The quantitative estimate of drug-likeness (QED) is 0.810. The number of halogens is 4. The Hall–Kier alpha value is -1.20. The molecular formula is C13H10Cl4N2O2. The van der Waals surface area contributed by atoms with Crippen LogP contribution in [-0.4, -0.2) is 17.5 Å². The lowest BCUT2D eigenvalue weighted by Gasteiger charge is -2.09. The Morgan fingerprint density at radius 3 is 2.67 bits per heavy atom. The van der Waals surface area contributed by atoms with E-state index in [0.29, 0.717) is 21.5 Å². The summed E-state index contributed by atoms with van der Waals surface area (Å²) in [7, 11) is 0. The van der Waals surface area contributed by atoms with E-state index in [-0.39, 0.29) is 30.1 Å². The summed E-state index contributed by atoms with van der Waals surface area (Å²) < 4.78 is 5.30. The third kappa shape index (κ3) is 5.25. The zero-order valence-electron chi connectivity index (χ0n) is 10.5. The van der Waals surface area contributed by atoms with Crippen LogP contribution in [0.5, 0.6) is 5.75 Å². The molecule has 0 fully saturated rings. The van der Waals surface area contributed by atoms with Crippen LogP contribution in [0.1, 0.15) is 0 Å². The Kier molecular flexibility index (Phi) is 7.05. The fraction of sp³-hybridized carbons (Fsp3) is 0.0769. The van der Waals surface area contributed by atoms with Gasteiger partial charge in [-0.05, 0) is 30.3 Å². The number of amides is 1. The first-order valence-corrected chi connectivity index (χ1v) is 6.68. The van der Waals surface area contributed by atoms with E-state index in [4.69, 9.17) is 39.5 Å². The lowest BCUT2D eigenvalue weighted by molar-refractivity contribution is -0.118. The van der Waals surface area contributed by atoms with Crippen LogP contribution in [0.3, 0.4) is 0 Å². The lowest BCUT2D eigenvalue weighted by atomic mass is 10.3. The molecule has 0 atom stereocenters. The third-order valence-electron chi connectivity index (χ3n) is 2.29. The molecule has 1 aromatic heterocycles. The van der Waals surface area contributed by atoms with Crippen LogP contribution in [-0.2, 0) is 4.79 Å². The molecule has 2 rings (SSSR count). The molecule has 0 aliphatic rings. The van der Waals surface area contributed by atoms with Crippen LogP contribution in [0, 0.1) is 0 Å². The Labute approximate surface area is 142 Å². The summed E-state index contributed by atoms with van der Waals surface area (Å²) in [6, 6.07) is 8.06. The van der Waals surface area contributed by atoms with Gasteiger partial charge < -0.3 is 10.1 Å². The molecule has 21 heavy (non-hydrogen) atoms. The first-order valence-electron chi connectivity index (χ1n) is 5.54. The van der Waals surface area contributed by atoms with Crippen LogP contribution in [0.15, 0.2) is 36.5 Å². The highest BCUT2D eigenvalue weighted by Crippen LogP contribution is 2.27. The standard InChI is InChI=1S/C13H9Cl3N2O2.ClH/c14-8-3-4-11(9(15)6-8)20-7-12(19)18-10-2-1-5-17-13(10)16;/h1-6H,7H2,(H,18,19);1H. The van der Waals surface area contributed by atoms with Gasteiger partial charge in [-0.15, -0.1) is 12.4 Å². The molecule has 1 aromatic carbocycles. The van der Waals surface area contributed by atoms with E-state index < -0.39 is 0 Å². The molecule has 0 radical (unpaired) electrons. The van der Waals surface area contributed by atoms with Gasteiger partial charge in [-0.25, -0.2) is 4.98 Å². The van der Waals surface area contributed by atoms with Gasteiger partial charge >= 0.3 is 0 Å². The number of aromatic nitrogens is 1. The van der Waals surface area contributed by atoms with Crippen molar-refractivity contribution in [2.24, 2.45) is 0 Å². The zero-order chi connectivity index (χ0) is 14.5. The fourth-order valence-corrected chi connectivity index (χ4v) is 2.03. The first kappa shape index (κ1) is 17.9. The van der Waals surface area contributed by atoms with Gasteiger partial charge in [0.25, 0.3) is 5.91 Å². The number of hydrogen-bond acceptors (Lipinski definition) is 3. The van der Waals surface area contributed by atoms with E-state index in [1.54, 1.807) is 24.3 Å². The van der Waals surface area contributed by atoms with Crippen LogP contribution < -0.4 is 10.1 Å². The van der Waals surface area contributed by atoms with Gasteiger partial charge in [0, 0.05) is 11.2 Å². The molecular weight excluding hydrogens is 358 g/mol. The minimum absolute atomic E-state index is 0. The van der Waals surface area contributed by atoms with Gasteiger partial charge in [-0.1, -0.05) is 34.8 Å². The van der Waals surface area contributed by atoms with Gasteiger partial charge in [0.15, 0.2) is 11.8 Å². The van der Waals surface area contributed by atoms with Gasteiger partial charge in [0.1, 0.15) is 5.75 Å². The van der Waals surface area contributed by atoms with Crippen LogP contribution in [0.25, 0.3) is 0 Å². The predicted molar refractivity (Wildman–Crippen MR) is 87.1 cm³/mol. The largest absolute Gasteiger partial charge is 0.482 e. The summed E-state index contributed by atoms with van der Waals surface area (Å²) in [5.41, 5.74) is 0.421. The van der Waals surface area contributed by atoms with Crippen LogP contribution >= 0.6 is 47.2 Å². The third-order valence-corrected chi connectivity index (χ3v) is 3.12. The highest BCUT2D eigenvalue weighted by atomic mass is 35.5. The van der Waals surface area contributed by atoms with E-state index in [0.717, 1.165) is 0 Å². The van der Waals surface area contributed by atoms with Gasteiger partial charge in [-0.3, -0.25) is 4.79 Å². The Morgan fingerprint density at radius 2 is 2.00 bits per heavy atom. The monoisotopic (exact) mass is 366 g/mol. The van der Waals surface area contributed by atoms with Crippen molar-refractivity contribution < 1.29 is 9.53 Å². The SMILES string of the molecule is Cl.O=C(COc1ccc(Cl)cc1Cl)Nc1cccnc1Cl. The number of carbonyl (C=O) groups is 1. The Morgan fingerprint density at radius 1 is 1.24 bits per heavy atom. The fourth-order valence-electron chi connectivity index (χ4n) is 1.40. The van der Waals surface area contributed by atoms with Crippen molar-refractivity contribution in [3.05, 3.63) is 51.7 Å². The average molecular weight is 368 g/mol. The van der Waals surface area contributed by atoms with Crippen LogP contribution in [0.4, 0.5) is 5.69 Å². The maximum atomic E-state index is 11.7. The summed E-state index contributed by atoms with van der Waals surface area (Å²) >= 11 is 17.5. The molecule has 0 saturated heterocycles. The summed E-state index contributed by atoms with van der Waals surface area (Å²) in [5, 5.41) is 3.63. The molecule has 0 spiro atoms. The maximum Gasteiger partial charge on any atom is 0.262 e. The number of pyridine rings is 1. The van der Waals surface area contributed by atoms with Crippen molar-refractivity contribution >= 4 is 58.8 Å². The summed E-state index contributed by atoms with van der Waals surface area (Å²) in [6.07, 6.45) is 1.53. The van der Waals surface area contributed by atoms with E-state index in [2.05, 4.69) is 10.3 Å². The normalized spacial score (nSPS) is 9.67. The van der Waals surface area contributed by atoms with Crippen molar-refractivity contribution in [3.63, 3.8) is 0 Å². The van der Waals surface area contributed by atoms with E-state index in [9.17, 15) is 4.79 Å². The van der Waals surface area contributed by atoms with Crippen molar-refractivity contribution in [1.29, 1.82) is 0 Å². The van der Waals surface area contributed by atoms with Crippen molar-refractivity contribution in [1.82, 2.24) is 4.98 Å². The molecule has 0 saturated carbocycles. The Balaban J connectivity index is 0.00000220. The minimum Gasteiger partial charge on any atom is -0.482 e. The topological polar surface area (TPSA) is 51.2 Å². The molecule has 0 aliphatic carbocycles. The number of hydrogen-bond donors (Lipinski definition) is 1. The molecule has 4 nitrogen and oxygen atoms in total. The molecule has 0 unspecified atom stereocenters. The molecule has 1 heterocycles. The number of anilines is 1. The molecule has 0 aliphatic heterocycles. The summed E-state index contributed by atoms with van der Waals surface area (Å²) in [6.45, 7) is -0.202. The van der Waals surface area contributed by atoms with Gasteiger partial charge in [-0.2, -0.15) is 0 Å². The van der Waals surface area contributed by atoms with Crippen molar-refractivity contribution in [3.8, 4) is 5.75 Å².